The summed E-state index contributed by atoms with van der Waals surface area (Å²) in [5.74, 6) is -0.125. The summed E-state index contributed by atoms with van der Waals surface area (Å²) in [7, 11) is 4.14. The van der Waals surface area contributed by atoms with E-state index in [9.17, 15) is 4.39 Å². The summed E-state index contributed by atoms with van der Waals surface area (Å²) in [6, 6.07) is 6.32. The maximum absolute atomic E-state index is 14.4. The Morgan fingerprint density at radius 3 is 2.81 bits per heavy atom. The monoisotopic (exact) mass is 293 g/mol. The zero-order valence-corrected chi connectivity index (χ0v) is 13.7. The predicted molar refractivity (Wildman–Crippen MR) is 87.4 cm³/mol. The molecule has 0 radical (unpaired) electrons. The maximum atomic E-state index is 14.4. The van der Waals surface area contributed by atoms with Crippen molar-refractivity contribution in [3.63, 3.8) is 0 Å². The van der Waals surface area contributed by atoms with Gasteiger partial charge in [-0.05, 0) is 57.6 Å². The van der Waals surface area contributed by atoms with Crippen LogP contribution in [0.15, 0.2) is 18.2 Å². The third-order valence-electron chi connectivity index (χ3n) is 4.55. The average molecular weight is 293 g/mol. The van der Waals surface area contributed by atoms with Gasteiger partial charge in [-0.2, -0.15) is 0 Å². The van der Waals surface area contributed by atoms with Crippen molar-refractivity contribution in [3.05, 3.63) is 29.6 Å². The molecule has 0 spiro atoms. The van der Waals surface area contributed by atoms with Gasteiger partial charge in [-0.3, -0.25) is 0 Å². The fourth-order valence-corrected chi connectivity index (χ4v) is 3.15. The molecular weight excluding hydrogens is 265 g/mol. The van der Waals surface area contributed by atoms with Crippen molar-refractivity contribution in [2.75, 3.05) is 38.6 Å². The third kappa shape index (κ3) is 3.95. The summed E-state index contributed by atoms with van der Waals surface area (Å²) in [6.07, 6.45) is 2.45. The Hall–Kier alpha value is -1.13. The van der Waals surface area contributed by atoms with E-state index in [0.717, 1.165) is 25.2 Å². The van der Waals surface area contributed by atoms with E-state index in [0.29, 0.717) is 11.7 Å². The van der Waals surface area contributed by atoms with Gasteiger partial charge >= 0.3 is 0 Å². The normalized spacial score (nSPS) is 20.7. The first kappa shape index (κ1) is 16.2. The highest BCUT2D eigenvalue weighted by Gasteiger charge is 2.23. The lowest BCUT2D eigenvalue weighted by Gasteiger charge is -2.28. The van der Waals surface area contributed by atoms with Gasteiger partial charge in [0.2, 0.25) is 0 Å². The molecule has 1 aliphatic heterocycles. The Bertz CT molecular complexity index is 463. The molecule has 1 aliphatic rings. The minimum absolute atomic E-state index is 0.125. The molecule has 0 bridgehead atoms. The number of likely N-dealkylation sites (N-methyl/N-ethyl adjacent to an activating group) is 2. The highest BCUT2D eigenvalue weighted by molar-refractivity contribution is 5.49. The Labute approximate surface area is 128 Å². The van der Waals surface area contributed by atoms with Crippen LogP contribution in [0.4, 0.5) is 10.1 Å². The minimum Gasteiger partial charge on any atom is -0.371 e. The maximum Gasteiger partial charge on any atom is 0.146 e. The van der Waals surface area contributed by atoms with E-state index >= 15 is 0 Å². The topological polar surface area (TPSA) is 18.5 Å². The Morgan fingerprint density at radius 2 is 2.24 bits per heavy atom. The number of benzene rings is 1. The molecule has 0 aliphatic carbocycles. The first-order valence-electron chi connectivity index (χ1n) is 7.97. The summed E-state index contributed by atoms with van der Waals surface area (Å²) in [6.45, 7) is 7.05. The van der Waals surface area contributed by atoms with Crippen molar-refractivity contribution in [1.82, 2.24) is 10.2 Å². The number of halogens is 1. The van der Waals surface area contributed by atoms with Crippen LogP contribution in [0.2, 0.25) is 0 Å². The van der Waals surface area contributed by atoms with Crippen LogP contribution in [-0.4, -0.2) is 44.7 Å². The third-order valence-corrected chi connectivity index (χ3v) is 4.55. The zero-order chi connectivity index (χ0) is 15.4. The van der Waals surface area contributed by atoms with Crippen LogP contribution in [0.25, 0.3) is 0 Å². The van der Waals surface area contributed by atoms with E-state index in [1.165, 1.54) is 12.8 Å². The number of nitrogens with one attached hydrogen (secondary N) is 1. The van der Waals surface area contributed by atoms with E-state index in [1.807, 2.05) is 24.1 Å². The van der Waals surface area contributed by atoms with Gasteiger partial charge in [-0.1, -0.05) is 13.0 Å². The van der Waals surface area contributed by atoms with Crippen LogP contribution in [0.5, 0.6) is 0 Å². The number of nitrogens with zero attached hydrogens (tertiary/aromatic N) is 2. The van der Waals surface area contributed by atoms with Crippen LogP contribution in [-0.2, 0) is 0 Å². The summed E-state index contributed by atoms with van der Waals surface area (Å²) >= 11 is 0. The molecule has 1 saturated heterocycles. The Balaban J connectivity index is 2.05. The first-order valence-corrected chi connectivity index (χ1v) is 7.97. The number of anilines is 1. The summed E-state index contributed by atoms with van der Waals surface area (Å²) < 4.78 is 14.4. The Kier molecular flexibility index (Phi) is 5.59. The van der Waals surface area contributed by atoms with Gasteiger partial charge in [0, 0.05) is 25.7 Å². The minimum atomic E-state index is -0.125. The molecule has 1 aromatic carbocycles. The van der Waals surface area contributed by atoms with Crippen LogP contribution >= 0.6 is 0 Å². The van der Waals surface area contributed by atoms with Gasteiger partial charge in [-0.25, -0.2) is 4.39 Å². The van der Waals surface area contributed by atoms with Crippen LogP contribution < -0.4 is 10.2 Å². The average Bonchev–Trinajstić information content (AvgIpc) is 2.84. The van der Waals surface area contributed by atoms with E-state index in [4.69, 9.17) is 0 Å². The molecular formula is C17H28FN3. The number of rotatable bonds is 6. The quantitative estimate of drug-likeness (QED) is 0.870. The van der Waals surface area contributed by atoms with Gasteiger partial charge in [0.1, 0.15) is 5.82 Å². The fraction of sp³-hybridized carbons (Fsp3) is 0.647. The summed E-state index contributed by atoms with van der Waals surface area (Å²) in [5.41, 5.74) is 1.70. The highest BCUT2D eigenvalue weighted by atomic mass is 19.1. The molecule has 1 heterocycles. The van der Waals surface area contributed by atoms with E-state index in [1.54, 1.807) is 6.07 Å². The van der Waals surface area contributed by atoms with E-state index in [-0.39, 0.29) is 11.9 Å². The van der Waals surface area contributed by atoms with Crippen molar-refractivity contribution >= 4 is 5.69 Å². The zero-order valence-electron chi connectivity index (χ0n) is 13.7. The predicted octanol–water partition coefficient (Wildman–Crippen LogP) is 3.03. The smallest absolute Gasteiger partial charge is 0.146 e. The van der Waals surface area contributed by atoms with Gasteiger partial charge in [0.05, 0.1) is 5.69 Å². The fourth-order valence-electron chi connectivity index (χ4n) is 3.15. The molecule has 2 rings (SSSR count). The molecule has 1 fully saturated rings. The molecule has 118 valence electrons. The van der Waals surface area contributed by atoms with E-state index < -0.39 is 0 Å². The molecule has 0 saturated carbocycles. The number of hydrogen-bond donors (Lipinski definition) is 1. The standard InChI is InChI=1S/C17H28FN3/c1-5-19-13(2)14-8-9-17(16(18)11-14)21(4)12-15-7-6-10-20(15)3/h8-9,11,13,15,19H,5-7,10,12H2,1-4H3. The largest absolute Gasteiger partial charge is 0.371 e. The lowest BCUT2D eigenvalue weighted by atomic mass is 10.1. The van der Waals surface area contributed by atoms with Crippen molar-refractivity contribution in [3.8, 4) is 0 Å². The molecule has 0 amide bonds. The van der Waals surface area contributed by atoms with Gasteiger partial charge in [0.15, 0.2) is 0 Å². The Morgan fingerprint density at radius 1 is 1.48 bits per heavy atom. The van der Waals surface area contributed by atoms with Gasteiger partial charge in [0.25, 0.3) is 0 Å². The van der Waals surface area contributed by atoms with Gasteiger partial charge < -0.3 is 15.1 Å². The second kappa shape index (κ2) is 7.23. The van der Waals surface area contributed by atoms with Crippen LogP contribution in [0.3, 0.4) is 0 Å². The molecule has 0 aromatic heterocycles. The molecule has 1 aromatic rings. The molecule has 3 nitrogen and oxygen atoms in total. The van der Waals surface area contributed by atoms with Crippen LogP contribution in [0, 0.1) is 5.82 Å². The van der Waals surface area contributed by atoms with Crippen molar-refractivity contribution < 1.29 is 4.39 Å². The summed E-state index contributed by atoms with van der Waals surface area (Å²) in [4.78, 5) is 4.42. The highest BCUT2D eigenvalue weighted by Crippen LogP contribution is 2.24. The second-order valence-electron chi connectivity index (χ2n) is 6.15. The van der Waals surface area contributed by atoms with Crippen LogP contribution in [0.1, 0.15) is 38.3 Å². The molecule has 1 N–H and O–H groups in total. The van der Waals surface area contributed by atoms with E-state index in [2.05, 4.69) is 31.1 Å². The van der Waals surface area contributed by atoms with Crippen molar-refractivity contribution in [1.29, 1.82) is 0 Å². The van der Waals surface area contributed by atoms with Crippen molar-refractivity contribution in [2.45, 2.75) is 38.8 Å². The van der Waals surface area contributed by atoms with Crippen molar-refractivity contribution in [2.24, 2.45) is 0 Å². The SMILES string of the molecule is CCNC(C)c1ccc(N(C)CC2CCCN2C)c(F)c1. The number of hydrogen-bond acceptors (Lipinski definition) is 3. The number of likely N-dealkylation sites (tertiary alicyclic amines) is 1. The molecule has 4 heteroatoms. The summed E-state index contributed by atoms with van der Waals surface area (Å²) in [5, 5.41) is 3.32. The molecule has 21 heavy (non-hydrogen) atoms. The second-order valence-corrected chi connectivity index (χ2v) is 6.15. The lowest BCUT2D eigenvalue weighted by molar-refractivity contribution is 0.314. The lowest BCUT2D eigenvalue weighted by Crippen LogP contribution is -2.37. The molecule has 2 atom stereocenters. The first-order chi connectivity index (χ1) is 10.0. The molecule has 2 unspecified atom stereocenters. The van der Waals surface area contributed by atoms with Gasteiger partial charge in [-0.15, -0.1) is 0 Å².